The van der Waals surface area contributed by atoms with Gasteiger partial charge in [-0.1, -0.05) is 25.9 Å². The fourth-order valence-electron chi connectivity index (χ4n) is 2.31. The Kier molecular flexibility index (Phi) is 5.44. The van der Waals surface area contributed by atoms with Crippen LogP contribution in [-0.2, 0) is 6.54 Å². The first-order valence-corrected chi connectivity index (χ1v) is 7.73. The van der Waals surface area contributed by atoms with Gasteiger partial charge in [0, 0.05) is 23.7 Å². The van der Waals surface area contributed by atoms with Crippen molar-refractivity contribution in [2.75, 3.05) is 6.54 Å². The van der Waals surface area contributed by atoms with Crippen molar-refractivity contribution in [1.29, 1.82) is 0 Å². The second kappa shape index (κ2) is 7.32. The summed E-state index contributed by atoms with van der Waals surface area (Å²) in [6.07, 6.45) is 0. The lowest BCUT2D eigenvalue weighted by Crippen LogP contribution is -2.36. The molecular weight excluding hydrogens is 296 g/mol. The van der Waals surface area contributed by atoms with E-state index < -0.39 is 4.92 Å². The van der Waals surface area contributed by atoms with Crippen molar-refractivity contribution in [2.24, 2.45) is 5.92 Å². The maximum Gasteiger partial charge on any atom is 0.269 e. The summed E-state index contributed by atoms with van der Waals surface area (Å²) in [4.78, 5) is 16.9. The van der Waals surface area contributed by atoms with Crippen molar-refractivity contribution in [1.82, 2.24) is 15.0 Å². The smallest absolute Gasteiger partial charge is 0.269 e. The molecule has 1 aromatic heterocycles. The summed E-state index contributed by atoms with van der Waals surface area (Å²) in [5.74, 6) is 1.53. The minimum absolute atomic E-state index is 0.0420. The van der Waals surface area contributed by atoms with Gasteiger partial charge in [0.15, 0.2) is 0 Å². The molecule has 2 aromatic rings. The van der Waals surface area contributed by atoms with E-state index in [0.717, 1.165) is 6.54 Å². The van der Waals surface area contributed by atoms with Gasteiger partial charge in [0.2, 0.25) is 11.7 Å². The van der Waals surface area contributed by atoms with Crippen LogP contribution in [0.15, 0.2) is 28.8 Å². The molecule has 0 aliphatic rings. The first-order chi connectivity index (χ1) is 10.9. The van der Waals surface area contributed by atoms with Crippen LogP contribution >= 0.6 is 0 Å². The lowest BCUT2D eigenvalue weighted by molar-refractivity contribution is -0.384. The predicted molar refractivity (Wildman–Crippen MR) is 86.8 cm³/mol. The molecule has 2 rings (SSSR count). The molecule has 0 amide bonds. The highest BCUT2D eigenvalue weighted by Crippen LogP contribution is 2.21. The first kappa shape index (κ1) is 17.1. The second-order valence-electron chi connectivity index (χ2n) is 5.86. The first-order valence-electron chi connectivity index (χ1n) is 7.73. The minimum Gasteiger partial charge on any atom is -0.338 e. The molecule has 0 fully saturated rings. The maximum absolute atomic E-state index is 10.7. The SMILES string of the molecule is CCN(Cc1nc(-c2ccc([N+](=O)[O-])cc2)no1)C(C)C(C)C. The van der Waals surface area contributed by atoms with Crippen molar-refractivity contribution < 1.29 is 9.45 Å². The van der Waals surface area contributed by atoms with Crippen LogP contribution in [0, 0.1) is 16.0 Å². The van der Waals surface area contributed by atoms with Gasteiger partial charge in [0.1, 0.15) is 0 Å². The van der Waals surface area contributed by atoms with Gasteiger partial charge < -0.3 is 4.52 Å². The molecule has 7 nitrogen and oxygen atoms in total. The highest BCUT2D eigenvalue weighted by Gasteiger charge is 2.19. The summed E-state index contributed by atoms with van der Waals surface area (Å²) < 4.78 is 5.32. The van der Waals surface area contributed by atoms with Gasteiger partial charge in [-0.3, -0.25) is 15.0 Å². The molecular formula is C16H22N4O3. The quantitative estimate of drug-likeness (QED) is 0.573. The molecule has 1 aromatic carbocycles. The molecule has 1 unspecified atom stereocenters. The number of rotatable bonds is 7. The van der Waals surface area contributed by atoms with Crippen LogP contribution in [-0.4, -0.2) is 32.6 Å². The van der Waals surface area contributed by atoms with Crippen LogP contribution in [0.4, 0.5) is 5.69 Å². The van der Waals surface area contributed by atoms with Crippen LogP contribution in [0.2, 0.25) is 0 Å². The van der Waals surface area contributed by atoms with E-state index in [-0.39, 0.29) is 5.69 Å². The Morgan fingerprint density at radius 2 is 1.91 bits per heavy atom. The van der Waals surface area contributed by atoms with Crippen molar-refractivity contribution >= 4 is 5.69 Å². The second-order valence-corrected chi connectivity index (χ2v) is 5.86. The van der Waals surface area contributed by atoms with E-state index in [1.54, 1.807) is 12.1 Å². The van der Waals surface area contributed by atoms with Crippen LogP contribution in [0.5, 0.6) is 0 Å². The van der Waals surface area contributed by atoms with E-state index in [1.807, 2.05) is 0 Å². The van der Waals surface area contributed by atoms with Crippen LogP contribution in [0.3, 0.4) is 0 Å². The lowest BCUT2D eigenvalue weighted by atomic mass is 10.0. The van der Waals surface area contributed by atoms with Gasteiger partial charge in [-0.2, -0.15) is 4.98 Å². The van der Waals surface area contributed by atoms with E-state index in [4.69, 9.17) is 4.52 Å². The summed E-state index contributed by atoms with van der Waals surface area (Å²) in [5, 5.41) is 14.6. The Balaban J connectivity index is 2.12. The molecule has 0 bridgehead atoms. The average Bonchev–Trinajstić information content (AvgIpc) is 3.00. The Morgan fingerprint density at radius 3 is 2.43 bits per heavy atom. The van der Waals surface area contributed by atoms with Crippen molar-refractivity contribution in [2.45, 2.75) is 40.3 Å². The molecule has 0 saturated carbocycles. The molecule has 0 saturated heterocycles. The number of benzene rings is 1. The third-order valence-electron chi connectivity index (χ3n) is 4.09. The molecule has 23 heavy (non-hydrogen) atoms. The number of hydrogen-bond donors (Lipinski definition) is 0. The molecule has 7 heteroatoms. The monoisotopic (exact) mass is 318 g/mol. The summed E-state index contributed by atoms with van der Waals surface area (Å²) in [7, 11) is 0. The normalized spacial score (nSPS) is 12.8. The van der Waals surface area contributed by atoms with Crippen LogP contribution in [0.1, 0.15) is 33.6 Å². The molecule has 0 spiro atoms. The van der Waals surface area contributed by atoms with Crippen LogP contribution in [0.25, 0.3) is 11.4 Å². The highest BCUT2D eigenvalue weighted by atomic mass is 16.6. The molecule has 0 aliphatic heterocycles. The van der Waals surface area contributed by atoms with E-state index in [0.29, 0.717) is 35.8 Å². The number of aromatic nitrogens is 2. The zero-order valence-electron chi connectivity index (χ0n) is 13.9. The predicted octanol–water partition coefficient (Wildman–Crippen LogP) is 3.51. The Hall–Kier alpha value is -2.28. The Morgan fingerprint density at radius 1 is 1.26 bits per heavy atom. The topological polar surface area (TPSA) is 85.3 Å². The van der Waals surface area contributed by atoms with E-state index in [9.17, 15) is 10.1 Å². The van der Waals surface area contributed by atoms with E-state index in [1.165, 1.54) is 12.1 Å². The van der Waals surface area contributed by atoms with Crippen LogP contribution < -0.4 is 0 Å². The fraction of sp³-hybridized carbons (Fsp3) is 0.500. The van der Waals surface area contributed by atoms with Gasteiger partial charge in [-0.25, -0.2) is 0 Å². The third kappa shape index (κ3) is 4.13. The largest absolute Gasteiger partial charge is 0.338 e. The van der Waals surface area contributed by atoms with E-state index >= 15 is 0 Å². The average molecular weight is 318 g/mol. The number of nitrogens with zero attached hydrogens (tertiary/aromatic N) is 4. The summed E-state index contributed by atoms with van der Waals surface area (Å²) in [5.41, 5.74) is 0.742. The summed E-state index contributed by atoms with van der Waals surface area (Å²) in [6.45, 7) is 10.1. The number of nitro groups is 1. The fourth-order valence-corrected chi connectivity index (χ4v) is 2.31. The van der Waals surface area contributed by atoms with E-state index in [2.05, 4.69) is 42.7 Å². The molecule has 0 N–H and O–H groups in total. The molecule has 124 valence electrons. The van der Waals surface area contributed by atoms with Crippen molar-refractivity contribution in [3.05, 3.63) is 40.3 Å². The van der Waals surface area contributed by atoms with Gasteiger partial charge in [-0.05, 0) is 31.5 Å². The molecule has 1 heterocycles. The van der Waals surface area contributed by atoms with Crippen molar-refractivity contribution in [3.8, 4) is 11.4 Å². The zero-order chi connectivity index (χ0) is 17.0. The van der Waals surface area contributed by atoms with Crippen molar-refractivity contribution in [3.63, 3.8) is 0 Å². The number of non-ortho nitro benzene ring substituents is 1. The van der Waals surface area contributed by atoms with Gasteiger partial charge >= 0.3 is 0 Å². The minimum atomic E-state index is -0.433. The number of nitro benzene ring substituents is 1. The van der Waals surface area contributed by atoms with Gasteiger partial charge in [0.25, 0.3) is 5.69 Å². The number of hydrogen-bond acceptors (Lipinski definition) is 6. The standard InChI is InChI=1S/C16H22N4O3/c1-5-19(12(4)11(2)3)10-15-17-16(18-23-15)13-6-8-14(9-7-13)20(21)22/h6-9,11-12H,5,10H2,1-4H3. The zero-order valence-corrected chi connectivity index (χ0v) is 13.9. The summed E-state index contributed by atoms with van der Waals surface area (Å²) >= 11 is 0. The molecule has 0 aliphatic carbocycles. The van der Waals surface area contributed by atoms with Gasteiger partial charge in [0.05, 0.1) is 11.5 Å². The lowest BCUT2D eigenvalue weighted by Gasteiger charge is -2.29. The summed E-state index contributed by atoms with van der Waals surface area (Å²) in [6, 6.07) is 6.53. The Labute approximate surface area is 135 Å². The maximum atomic E-state index is 10.7. The van der Waals surface area contributed by atoms with Gasteiger partial charge in [-0.15, -0.1) is 0 Å². The Bertz CT molecular complexity index is 652. The highest BCUT2D eigenvalue weighted by molar-refractivity contribution is 5.56. The third-order valence-corrected chi connectivity index (χ3v) is 4.09. The molecule has 1 atom stereocenters. The molecule has 0 radical (unpaired) electrons.